The summed E-state index contributed by atoms with van der Waals surface area (Å²) in [6.45, 7) is 2.81. The summed E-state index contributed by atoms with van der Waals surface area (Å²) in [6, 6.07) is 10.2. The van der Waals surface area contributed by atoms with Crippen LogP contribution >= 0.6 is 0 Å². The van der Waals surface area contributed by atoms with Crippen molar-refractivity contribution in [2.75, 3.05) is 11.9 Å². The number of rotatable bonds is 7. The monoisotopic (exact) mass is 565 g/mol. The Labute approximate surface area is 245 Å². The van der Waals surface area contributed by atoms with E-state index in [1.165, 1.54) is 12.1 Å². The van der Waals surface area contributed by atoms with E-state index in [0.29, 0.717) is 35.7 Å². The number of benzene rings is 1. The van der Waals surface area contributed by atoms with Crippen LogP contribution in [-0.2, 0) is 4.79 Å². The standard InChI is InChI=1S/C34H36FN5O2/c1-2-33(14-15-33)20-37-32(42)30-29-25(11-10-24-9-8-22(19-36-24)21-6-5-7-23(35)16-21)28-26(38-31(29)40-39-30)17-34(18-27(28)41)12-3-4-13-34/h5-11,16,19,25H,2-4,12-15,17-18,20H2,1H3,(H,37,42)(H2,38,39,40)/b11-10+. The Morgan fingerprint density at radius 3 is 2.67 bits per heavy atom. The van der Waals surface area contributed by atoms with Crippen LogP contribution < -0.4 is 10.6 Å². The number of anilines is 1. The molecule has 2 saturated carbocycles. The Morgan fingerprint density at radius 1 is 1.12 bits per heavy atom. The van der Waals surface area contributed by atoms with E-state index in [-0.39, 0.29) is 28.3 Å². The number of fused-ring (bicyclic) bond motifs is 1. The number of hydrogen-bond acceptors (Lipinski definition) is 5. The Balaban J connectivity index is 1.22. The highest BCUT2D eigenvalue weighted by atomic mass is 19.1. The van der Waals surface area contributed by atoms with Crippen molar-refractivity contribution in [1.82, 2.24) is 20.5 Å². The number of pyridine rings is 1. The number of Topliss-reactive ketones (excluding diaryl/α,β-unsaturated/α-hetero) is 1. The lowest BCUT2D eigenvalue weighted by Crippen LogP contribution is -2.36. The molecular weight excluding hydrogens is 529 g/mol. The van der Waals surface area contributed by atoms with E-state index >= 15 is 0 Å². The number of aromatic amines is 1. The largest absolute Gasteiger partial charge is 0.350 e. The van der Waals surface area contributed by atoms with Crippen LogP contribution in [0.1, 0.15) is 92.4 Å². The maximum Gasteiger partial charge on any atom is 0.269 e. The first-order valence-corrected chi connectivity index (χ1v) is 15.2. The van der Waals surface area contributed by atoms with Gasteiger partial charge < -0.3 is 10.6 Å². The van der Waals surface area contributed by atoms with Gasteiger partial charge in [-0.2, -0.15) is 5.10 Å². The second-order valence-corrected chi connectivity index (χ2v) is 12.7. The Hall–Kier alpha value is -4.07. The van der Waals surface area contributed by atoms with Crippen LogP contribution in [0.15, 0.2) is 59.9 Å². The van der Waals surface area contributed by atoms with Gasteiger partial charge in [0.05, 0.1) is 5.69 Å². The molecule has 3 aromatic rings. The van der Waals surface area contributed by atoms with E-state index in [9.17, 15) is 14.0 Å². The summed E-state index contributed by atoms with van der Waals surface area (Å²) in [5.41, 5.74) is 5.29. The second-order valence-electron chi connectivity index (χ2n) is 12.7. The molecule has 3 heterocycles. The van der Waals surface area contributed by atoms with Crippen LogP contribution in [-0.4, -0.2) is 33.4 Å². The van der Waals surface area contributed by atoms with Crippen molar-refractivity contribution in [1.29, 1.82) is 0 Å². The molecular formula is C34H36FN5O2. The van der Waals surface area contributed by atoms with Crippen molar-refractivity contribution in [2.24, 2.45) is 10.8 Å². The van der Waals surface area contributed by atoms with Gasteiger partial charge in [-0.25, -0.2) is 4.39 Å². The summed E-state index contributed by atoms with van der Waals surface area (Å²) in [7, 11) is 0. The topological polar surface area (TPSA) is 99.8 Å². The average Bonchev–Trinajstić information content (AvgIpc) is 3.44. The van der Waals surface area contributed by atoms with Gasteiger partial charge in [0.1, 0.15) is 11.5 Å². The fourth-order valence-electron chi connectivity index (χ4n) is 7.22. The van der Waals surface area contributed by atoms with Crippen LogP contribution in [0.5, 0.6) is 0 Å². The molecule has 1 spiro atoms. The number of halogens is 1. The summed E-state index contributed by atoms with van der Waals surface area (Å²) in [4.78, 5) is 31.9. The minimum absolute atomic E-state index is 0.0260. The molecule has 4 aliphatic rings. The molecule has 1 aromatic carbocycles. The lowest BCUT2D eigenvalue weighted by atomic mass is 9.67. The molecule has 7 nitrogen and oxygen atoms in total. The van der Waals surface area contributed by atoms with Crippen molar-refractivity contribution >= 4 is 23.6 Å². The molecule has 2 fully saturated rings. The fraction of sp³-hybridized carbons (Fsp3) is 0.412. The summed E-state index contributed by atoms with van der Waals surface area (Å²) in [6.07, 6.45) is 14.7. The molecule has 42 heavy (non-hydrogen) atoms. The molecule has 0 radical (unpaired) electrons. The van der Waals surface area contributed by atoms with Gasteiger partial charge in [-0.05, 0) is 79.2 Å². The van der Waals surface area contributed by atoms with Gasteiger partial charge in [0.15, 0.2) is 11.6 Å². The first-order valence-electron chi connectivity index (χ1n) is 15.2. The molecule has 0 bridgehead atoms. The van der Waals surface area contributed by atoms with E-state index in [0.717, 1.165) is 73.8 Å². The van der Waals surface area contributed by atoms with Gasteiger partial charge in [0.2, 0.25) is 0 Å². The first-order chi connectivity index (χ1) is 20.4. The SMILES string of the molecule is CCC1(CNC(=O)c2[nH]nc3c2C(/C=C/c2ccc(-c4cccc(F)c4)cn2)C2=C(CC4(CCCC4)CC2=O)N3)CC1. The number of allylic oxidation sites excluding steroid dienone is 3. The second kappa shape index (κ2) is 10.3. The van der Waals surface area contributed by atoms with Gasteiger partial charge in [-0.3, -0.25) is 19.7 Å². The lowest BCUT2D eigenvalue weighted by Gasteiger charge is -2.39. The minimum Gasteiger partial charge on any atom is -0.350 e. The molecule has 1 unspecified atom stereocenters. The highest BCUT2D eigenvalue weighted by Crippen LogP contribution is 2.54. The first kappa shape index (κ1) is 26.8. The maximum atomic E-state index is 13.8. The molecule has 8 heteroatoms. The molecule has 0 saturated heterocycles. The van der Waals surface area contributed by atoms with E-state index in [4.69, 9.17) is 0 Å². The number of amides is 1. The zero-order valence-corrected chi connectivity index (χ0v) is 23.9. The number of H-pyrrole nitrogens is 1. The number of aromatic nitrogens is 3. The van der Waals surface area contributed by atoms with Gasteiger partial charge in [0.25, 0.3) is 5.91 Å². The molecule has 1 aliphatic heterocycles. The Bertz CT molecular complexity index is 1610. The van der Waals surface area contributed by atoms with Crippen molar-refractivity contribution in [3.05, 3.63) is 82.7 Å². The summed E-state index contributed by atoms with van der Waals surface area (Å²) in [5, 5.41) is 14.1. The van der Waals surface area contributed by atoms with E-state index in [1.807, 2.05) is 30.4 Å². The van der Waals surface area contributed by atoms with Crippen LogP contribution in [0.2, 0.25) is 0 Å². The van der Waals surface area contributed by atoms with Crippen molar-refractivity contribution in [3.8, 4) is 11.1 Å². The van der Waals surface area contributed by atoms with Crippen LogP contribution in [0.4, 0.5) is 10.2 Å². The van der Waals surface area contributed by atoms with Gasteiger partial charge in [-0.15, -0.1) is 0 Å². The smallest absolute Gasteiger partial charge is 0.269 e. The summed E-state index contributed by atoms with van der Waals surface area (Å²) < 4.78 is 13.7. The van der Waals surface area contributed by atoms with Gasteiger partial charge >= 0.3 is 0 Å². The van der Waals surface area contributed by atoms with Crippen molar-refractivity contribution < 1.29 is 14.0 Å². The number of ketones is 1. The van der Waals surface area contributed by atoms with Crippen molar-refractivity contribution in [2.45, 2.75) is 70.6 Å². The van der Waals surface area contributed by atoms with Crippen LogP contribution in [0.3, 0.4) is 0 Å². The predicted molar refractivity (Wildman–Crippen MR) is 160 cm³/mol. The number of nitrogens with one attached hydrogen (secondary N) is 3. The highest BCUT2D eigenvalue weighted by molar-refractivity contribution is 6.03. The van der Waals surface area contributed by atoms with Gasteiger partial charge in [0, 0.05) is 47.5 Å². The zero-order chi connectivity index (χ0) is 28.9. The Morgan fingerprint density at radius 2 is 1.95 bits per heavy atom. The predicted octanol–water partition coefficient (Wildman–Crippen LogP) is 6.93. The van der Waals surface area contributed by atoms with Crippen LogP contribution in [0.25, 0.3) is 17.2 Å². The number of carbonyl (C=O) groups is 2. The van der Waals surface area contributed by atoms with E-state index < -0.39 is 5.92 Å². The Kier molecular flexibility index (Phi) is 6.59. The van der Waals surface area contributed by atoms with Crippen LogP contribution in [0, 0.1) is 16.6 Å². The highest BCUT2D eigenvalue weighted by Gasteiger charge is 2.47. The molecule has 1 amide bonds. The molecule has 1 atom stereocenters. The summed E-state index contributed by atoms with van der Waals surface area (Å²) >= 11 is 0. The maximum absolute atomic E-state index is 13.8. The van der Waals surface area contributed by atoms with Crippen molar-refractivity contribution in [3.63, 3.8) is 0 Å². The van der Waals surface area contributed by atoms with E-state index in [1.54, 1.807) is 12.3 Å². The average molecular weight is 566 g/mol. The molecule has 7 rings (SSSR count). The quantitative estimate of drug-likeness (QED) is 0.288. The number of carbonyl (C=O) groups excluding carboxylic acids is 2. The summed E-state index contributed by atoms with van der Waals surface area (Å²) in [5.74, 6) is -0.146. The fourth-order valence-corrected chi connectivity index (χ4v) is 7.22. The minimum atomic E-state index is -0.423. The third-order valence-corrected chi connectivity index (χ3v) is 10.0. The molecule has 3 N–H and O–H groups in total. The third-order valence-electron chi connectivity index (χ3n) is 10.0. The lowest BCUT2D eigenvalue weighted by molar-refractivity contribution is -0.118. The molecule has 2 aromatic heterocycles. The number of hydrogen-bond donors (Lipinski definition) is 3. The molecule has 216 valence electrons. The van der Waals surface area contributed by atoms with E-state index in [2.05, 4.69) is 32.7 Å². The zero-order valence-electron chi connectivity index (χ0n) is 23.9. The number of nitrogens with zero attached hydrogens (tertiary/aromatic N) is 2. The normalized spacial score (nSPS) is 21.8. The third kappa shape index (κ3) is 4.86. The van der Waals surface area contributed by atoms with Gasteiger partial charge in [-0.1, -0.05) is 44.0 Å². The molecule has 3 aliphatic carbocycles.